The SMILES string of the molecule is CC(C)(C)[NH-].Cl.Cl.[C-]1=CC=CC1.[CH2-]CCO[Si](C)(C)C.[CH3-].[SiH2]=[Ti]. The first-order valence-electron chi connectivity index (χ1n) is 6.81. The Morgan fingerprint density at radius 3 is 1.74 bits per heavy atom. The number of halogens is 2. The first-order chi connectivity index (χ1) is 9.06. The predicted molar refractivity (Wildman–Crippen MR) is 114 cm³/mol. The van der Waals surface area contributed by atoms with E-state index in [9.17, 15) is 0 Å². The van der Waals surface area contributed by atoms with E-state index in [2.05, 4.69) is 38.7 Å². The zero-order valence-corrected chi connectivity index (χ0v) is 21.6. The van der Waals surface area contributed by atoms with Crippen LogP contribution in [0.1, 0.15) is 33.6 Å². The van der Waals surface area contributed by atoms with Gasteiger partial charge in [0, 0.05) is 6.61 Å². The molecule has 2 nitrogen and oxygen atoms in total. The fraction of sp³-hybridized carbons (Fsp3) is 0.625. The zero-order valence-electron chi connectivity index (χ0n) is 16.0. The minimum absolute atomic E-state index is 0. The van der Waals surface area contributed by atoms with Gasteiger partial charge < -0.3 is 24.5 Å². The van der Waals surface area contributed by atoms with Crippen LogP contribution in [0.25, 0.3) is 5.73 Å². The monoisotopic (exact) mass is 433 g/mol. The van der Waals surface area contributed by atoms with Crippen LogP contribution < -0.4 is 0 Å². The van der Waals surface area contributed by atoms with Gasteiger partial charge in [0.25, 0.3) is 0 Å². The third-order valence-corrected chi connectivity index (χ3v) is 2.34. The van der Waals surface area contributed by atoms with E-state index < -0.39 is 8.32 Å². The second-order valence-electron chi connectivity index (χ2n) is 6.07. The molecule has 0 bridgehead atoms. The van der Waals surface area contributed by atoms with Crippen molar-refractivity contribution >= 4 is 40.8 Å². The Bertz CT molecular complexity index is 250. The molecule has 0 aliphatic heterocycles. The Morgan fingerprint density at radius 2 is 1.65 bits per heavy atom. The fourth-order valence-corrected chi connectivity index (χ4v) is 1.48. The van der Waals surface area contributed by atoms with Crippen LogP contribution in [-0.4, -0.2) is 28.1 Å². The molecule has 0 aromatic heterocycles. The van der Waals surface area contributed by atoms with Gasteiger partial charge in [-0.1, -0.05) is 20.8 Å². The standard InChI is InChI=1S/C6H15OSi.C5H5.C4H10N.CH3.2ClH.H2Si.Ti/c1-5-6-7-8(2,3)4;1-2-4-5-3-1;1-4(2,3)5;;;;;/h1,5-6H2,2-4H3;1-3H,4H2;5H,1-3H3;1H3;2*1H;1H2;/q4*-1;;;;. The van der Waals surface area contributed by atoms with Crippen molar-refractivity contribution in [1.29, 1.82) is 0 Å². The summed E-state index contributed by atoms with van der Waals surface area (Å²) < 4.78 is 5.45. The molecule has 0 atom stereocenters. The van der Waals surface area contributed by atoms with Gasteiger partial charge in [0.15, 0.2) is 8.32 Å². The van der Waals surface area contributed by atoms with Gasteiger partial charge in [-0.15, -0.1) is 36.8 Å². The quantitative estimate of drug-likeness (QED) is 0.422. The van der Waals surface area contributed by atoms with E-state index in [1.54, 1.807) is 0 Å². The molecule has 0 radical (unpaired) electrons. The average Bonchev–Trinajstić information content (AvgIpc) is 2.84. The van der Waals surface area contributed by atoms with Gasteiger partial charge in [-0.25, -0.2) is 12.2 Å². The summed E-state index contributed by atoms with van der Waals surface area (Å²) in [6.45, 7) is 16.6. The maximum atomic E-state index is 6.94. The van der Waals surface area contributed by atoms with E-state index in [0.717, 1.165) is 19.4 Å². The first-order valence-corrected chi connectivity index (χ1v) is 14.2. The number of hydrogen-bond donors (Lipinski definition) is 0. The van der Waals surface area contributed by atoms with Crippen LogP contribution in [0.2, 0.25) is 19.6 Å². The van der Waals surface area contributed by atoms with Crippen LogP contribution in [0, 0.1) is 20.4 Å². The van der Waals surface area contributed by atoms with Crippen molar-refractivity contribution < 1.29 is 23.6 Å². The predicted octanol–water partition coefficient (Wildman–Crippen LogP) is 5.58. The molecule has 1 aliphatic rings. The van der Waals surface area contributed by atoms with E-state index in [0.29, 0.717) is 0 Å². The van der Waals surface area contributed by atoms with Crippen molar-refractivity contribution in [2.45, 2.75) is 58.8 Å². The third-order valence-electron chi connectivity index (χ3n) is 1.27. The van der Waals surface area contributed by atoms with Gasteiger partial charge in [-0.2, -0.15) is 12.5 Å². The van der Waals surface area contributed by atoms with E-state index in [1.807, 2.05) is 59.7 Å². The van der Waals surface area contributed by atoms with Gasteiger partial charge in [-0.05, 0) is 19.6 Å². The minimum atomic E-state index is -1.22. The number of nitrogens with one attached hydrogen (secondary N) is 1. The van der Waals surface area contributed by atoms with Crippen molar-refractivity contribution in [3.05, 3.63) is 44.4 Å². The summed E-state index contributed by atoms with van der Waals surface area (Å²) in [5.41, 5.74) is 6.69. The molecular weight excluding hydrogens is 397 g/mol. The van der Waals surface area contributed by atoms with Crippen molar-refractivity contribution in [1.82, 2.24) is 0 Å². The Kier molecular flexibility index (Phi) is 43.3. The van der Waals surface area contributed by atoms with E-state index in [4.69, 9.17) is 10.2 Å². The molecule has 23 heavy (non-hydrogen) atoms. The molecule has 0 saturated carbocycles. The Balaban J connectivity index is -0.0000000431. The molecule has 0 fully saturated rings. The molecule has 0 amide bonds. The van der Waals surface area contributed by atoms with E-state index in [-0.39, 0.29) is 37.8 Å². The molecule has 0 unspecified atom stereocenters. The van der Waals surface area contributed by atoms with Gasteiger partial charge in [0.2, 0.25) is 0 Å². The van der Waals surface area contributed by atoms with Gasteiger partial charge in [0.1, 0.15) is 0 Å². The van der Waals surface area contributed by atoms with Crippen molar-refractivity contribution in [3.63, 3.8) is 0 Å². The topological polar surface area (TPSA) is 33.0 Å². The van der Waals surface area contributed by atoms with Crippen LogP contribution in [-0.2, 0) is 23.6 Å². The molecule has 0 spiro atoms. The van der Waals surface area contributed by atoms with Crippen molar-refractivity contribution in [2.24, 2.45) is 0 Å². The molecule has 0 aromatic rings. The normalized spacial score (nSPS) is 10.7. The number of allylic oxidation sites excluding steroid dienone is 4. The molecular formula is C16H37Cl2NOSi2Ti-4. The molecule has 0 saturated heterocycles. The average molecular weight is 434 g/mol. The van der Waals surface area contributed by atoms with Crippen molar-refractivity contribution in [2.75, 3.05) is 6.61 Å². The summed E-state index contributed by atoms with van der Waals surface area (Å²) in [5, 5.41) is 0. The molecule has 0 heterocycles. The third kappa shape index (κ3) is 83.4. The molecule has 7 heteroatoms. The second-order valence-corrected chi connectivity index (χ2v) is 10.6. The summed E-state index contributed by atoms with van der Waals surface area (Å²) >= 11 is 2.03. The van der Waals surface area contributed by atoms with Crippen molar-refractivity contribution in [3.8, 4) is 0 Å². The Hall–Kier alpha value is 1.13. The van der Waals surface area contributed by atoms with Crippen LogP contribution >= 0.6 is 24.8 Å². The van der Waals surface area contributed by atoms with E-state index >= 15 is 0 Å². The first kappa shape index (κ1) is 39.3. The molecule has 1 rings (SSSR count). The van der Waals surface area contributed by atoms with E-state index in [1.165, 1.54) is 0 Å². The molecule has 0 aromatic carbocycles. The fourth-order valence-electron chi connectivity index (χ4n) is 0.719. The number of hydrogen-bond acceptors (Lipinski definition) is 1. The molecule has 142 valence electrons. The summed E-state index contributed by atoms with van der Waals surface area (Å²) in [6.07, 6.45) is 10.9. The Labute approximate surface area is 173 Å². The summed E-state index contributed by atoms with van der Waals surface area (Å²) in [5.74, 6) is 0. The van der Waals surface area contributed by atoms with Gasteiger partial charge in [-0.3, -0.25) is 6.08 Å². The number of rotatable bonds is 3. The van der Waals surface area contributed by atoms with Gasteiger partial charge >= 0.3 is 26.8 Å². The maximum absolute atomic E-state index is 6.94. The van der Waals surface area contributed by atoms with Crippen LogP contribution in [0.5, 0.6) is 0 Å². The Morgan fingerprint density at radius 1 is 1.26 bits per heavy atom. The summed E-state index contributed by atoms with van der Waals surface area (Å²) in [7, 11) is 0.643. The summed E-state index contributed by atoms with van der Waals surface area (Å²) in [4.78, 5) is 0. The van der Waals surface area contributed by atoms with Crippen LogP contribution in [0.3, 0.4) is 0 Å². The van der Waals surface area contributed by atoms with Gasteiger partial charge in [0.05, 0.1) is 0 Å². The van der Waals surface area contributed by atoms with Crippen LogP contribution in [0.15, 0.2) is 18.2 Å². The second kappa shape index (κ2) is 25.4. The summed E-state index contributed by atoms with van der Waals surface area (Å²) in [6, 6.07) is 0. The zero-order chi connectivity index (χ0) is 16.7. The molecule has 1 N–H and O–H groups in total. The van der Waals surface area contributed by atoms with Crippen LogP contribution in [0.4, 0.5) is 0 Å². The molecule has 1 aliphatic carbocycles.